The van der Waals surface area contributed by atoms with Crippen LogP contribution in [0.25, 0.3) is 11.4 Å². The minimum absolute atomic E-state index is 0.115. The number of nitrogens with zero attached hydrogens (tertiary/aromatic N) is 3. The van der Waals surface area contributed by atoms with Crippen molar-refractivity contribution >= 4 is 17.5 Å². The van der Waals surface area contributed by atoms with Gasteiger partial charge in [-0.2, -0.15) is 4.98 Å². The van der Waals surface area contributed by atoms with E-state index in [4.69, 9.17) is 16.1 Å². The number of halogens is 1. The van der Waals surface area contributed by atoms with E-state index in [0.717, 1.165) is 24.9 Å². The minimum atomic E-state index is 0.115. The number of amides is 1. The van der Waals surface area contributed by atoms with Crippen LogP contribution in [0.1, 0.15) is 38.0 Å². The summed E-state index contributed by atoms with van der Waals surface area (Å²) in [6.45, 7) is 3.36. The Balaban J connectivity index is 1.77. The molecule has 1 aromatic heterocycles. The molecular formula is C16H18ClN3O2. The molecule has 1 atom stereocenters. The van der Waals surface area contributed by atoms with Gasteiger partial charge in [0.2, 0.25) is 17.6 Å². The molecule has 6 heteroatoms. The SMILES string of the molecule is CCC(=O)N1CCC[C@@H](c2nc(-c3cccc(Cl)c3)no2)C1. The topological polar surface area (TPSA) is 59.2 Å². The highest BCUT2D eigenvalue weighted by molar-refractivity contribution is 6.30. The molecule has 1 saturated heterocycles. The van der Waals surface area contributed by atoms with Crippen molar-refractivity contribution in [2.45, 2.75) is 32.1 Å². The third-order valence-corrected chi connectivity index (χ3v) is 4.19. The Bertz CT molecular complexity index is 671. The summed E-state index contributed by atoms with van der Waals surface area (Å²) in [7, 11) is 0. The molecule has 3 rings (SSSR count). The van der Waals surface area contributed by atoms with Gasteiger partial charge >= 0.3 is 0 Å². The van der Waals surface area contributed by atoms with Crippen LogP contribution in [0.2, 0.25) is 5.02 Å². The number of likely N-dealkylation sites (tertiary alicyclic amines) is 1. The van der Waals surface area contributed by atoms with E-state index in [1.54, 1.807) is 6.07 Å². The fourth-order valence-corrected chi connectivity index (χ4v) is 2.96. The highest BCUT2D eigenvalue weighted by Gasteiger charge is 2.28. The standard InChI is InChI=1S/C16H18ClN3O2/c1-2-14(21)20-8-4-6-12(10-20)16-18-15(19-22-16)11-5-3-7-13(17)9-11/h3,5,7,9,12H,2,4,6,8,10H2,1H3/t12-/m1/s1. The Morgan fingerprint density at radius 1 is 1.50 bits per heavy atom. The molecule has 1 aliphatic heterocycles. The van der Waals surface area contributed by atoms with Crippen molar-refractivity contribution in [2.75, 3.05) is 13.1 Å². The lowest BCUT2D eigenvalue weighted by Crippen LogP contribution is -2.38. The molecule has 0 saturated carbocycles. The van der Waals surface area contributed by atoms with Crippen LogP contribution in [0.5, 0.6) is 0 Å². The van der Waals surface area contributed by atoms with Crippen molar-refractivity contribution in [3.63, 3.8) is 0 Å². The molecule has 0 aliphatic carbocycles. The first-order valence-electron chi connectivity index (χ1n) is 7.54. The highest BCUT2D eigenvalue weighted by atomic mass is 35.5. The first-order chi connectivity index (χ1) is 10.7. The van der Waals surface area contributed by atoms with Crippen LogP contribution in [-0.2, 0) is 4.79 Å². The molecule has 1 aromatic carbocycles. The zero-order chi connectivity index (χ0) is 15.5. The first-order valence-corrected chi connectivity index (χ1v) is 7.92. The van der Waals surface area contributed by atoms with E-state index in [0.29, 0.717) is 29.7 Å². The number of hydrogen-bond acceptors (Lipinski definition) is 4. The van der Waals surface area contributed by atoms with E-state index in [-0.39, 0.29) is 11.8 Å². The van der Waals surface area contributed by atoms with Gasteiger partial charge in [0, 0.05) is 30.1 Å². The predicted octanol–water partition coefficient (Wildman–Crippen LogP) is 3.51. The number of piperidine rings is 1. The summed E-state index contributed by atoms with van der Waals surface area (Å²) in [5.41, 5.74) is 0.833. The van der Waals surface area contributed by atoms with Crippen molar-refractivity contribution in [3.8, 4) is 11.4 Å². The van der Waals surface area contributed by atoms with E-state index in [1.807, 2.05) is 30.0 Å². The van der Waals surface area contributed by atoms with E-state index in [2.05, 4.69) is 10.1 Å². The maximum absolute atomic E-state index is 11.9. The number of hydrogen-bond donors (Lipinski definition) is 0. The lowest BCUT2D eigenvalue weighted by atomic mass is 9.97. The summed E-state index contributed by atoms with van der Waals surface area (Å²) in [5, 5.41) is 4.68. The summed E-state index contributed by atoms with van der Waals surface area (Å²) in [5.74, 6) is 1.43. The summed E-state index contributed by atoms with van der Waals surface area (Å²) in [6, 6.07) is 7.37. The first kappa shape index (κ1) is 15.0. The van der Waals surface area contributed by atoms with Crippen LogP contribution in [0.4, 0.5) is 0 Å². The van der Waals surface area contributed by atoms with Gasteiger partial charge in [0.25, 0.3) is 0 Å². The summed E-state index contributed by atoms with van der Waals surface area (Å²) < 4.78 is 5.42. The number of carbonyl (C=O) groups excluding carboxylic acids is 1. The zero-order valence-corrected chi connectivity index (χ0v) is 13.2. The Hall–Kier alpha value is -1.88. The van der Waals surface area contributed by atoms with Crippen molar-refractivity contribution in [3.05, 3.63) is 35.2 Å². The van der Waals surface area contributed by atoms with E-state index in [1.165, 1.54) is 0 Å². The molecule has 22 heavy (non-hydrogen) atoms. The second kappa shape index (κ2) is 6.48. The fraction of sp³-hybridized carbons (Fsp3) is 0.438. The van der Waals surface area contributed by atoms with Crippen LogP contribution >= 0.6 is 11.6 Å². The smallest absolute Gasteiger partial charge is 0.231 e. The van der Waals surface area contributed by atoms with Crippen LogP contribution < -0.4 is 0 Å². The fourth-order valence-electron chi connectivity index (χ4n) is 2.77. The Labute approximate surface area is 134 Å². The third-order valence-electron chi connectivity index (χ3n) is 3.95. The van der Waals surface area contributed by atoms with Crippen LogP contribution in [0.15, 0.2) is 28.8 Å². The van der Waals surface area contributed by atoms with Crippen molar-refractivity contribution in [1.82, 2.24) is 15.0 Å². The molecular weight excluding hydrogens is 302 g/mol. The maximum atomic E-state index is 11.9. The average molecular weight is 320 g/mol. The van der Waals surface area contributed by atoms with Crippen LogP contribution in [-0.4, -0.2) is 34.0 Å². The highest BCUT2D eigenvalue weighted by Crippen LogP contribution is 2.28. The van der Waals surface area contributed by atoms with Gasteiger partial charge in [-0.25, -0.2) is 0 Å². The molecule has 116 valence electrons. The predicted molar refractivity (Wildman–Crippen MR) is 83.6 cm³/mol. The molecule has 0 bridgehead atoms. The molecule has 1 fully saturated rings. The van der Waals surface area contributed by atoms with E-state index >= 15 is 0 Å². The molecule has 1 aliphatic rings. The van der Waals surface area contributed by atoms with Gasteiger partial charge in [-0.3, -0.25) is 4.79 Å². The quantitative estimate of drug-likeness (QED) is 0.868. The summed E-state index contributed by atoms with van der Waals surface area (Å²) in [4.78, 5) is 18.2. The zero-order valence-electron chi connectivity index (χ0n) is 12.5. The van der Waals surface area contributed by atoms with Gasteiger partial charge in [0.05, 0.1) is 5.92 Å². The van der Waals surface area contributed by atoms with E-state index in [9.17, 15) is 4.79 Å². The monoisotopic (exact) mass is 319 g/mol. The Morgan fingerprint density at radius 3 is 3.14 bits per heavy atom. The molecule has 1 amide bonds. The lowest BCUT2D eigenvalue weighted by molar-refractivity contribution is -0.132. The Morgan fingerprint density at radius 2 is 2.36 bits per heavy atom. The normalized spacial score (nSPS) is 18.5. The second-order valence-electron chi connectivity index (χ2n) is 5.50. The molecule has 0 radical (unpaired) electrons. The molecule has 5 nitrogen and oxygen atoms in total. The third kappa shape index (κ3) is 3.14. The van der Waals surface area contributed by atoms with Gasteiger partial charge < -0.3 is 9.42 Å². The van der Waals surface area contributed by atoms with Crippen molar-refractivity contribution in [1.29, 1.82) is 0 Å². The van der Waals surface area contributed by atoms with Gasteiger partial charge in [-0.15, -0.1) is 0 Å². The average Bonchev–Trinajstić information content (AvgIpc) is 3.04. The minimum Gasteiger partial charge on any atom is -0.342 e. The summed E-state index contributed by atoms with van der Waals surface area (Å²) in [6.07, 6.45) is 2.46. The largest absolute Gasteiger partial charge is 0.342 e. The molecule has 0 spiro atoms. The maximum Gasteiger partial charge on any atom is 0.231 e. The van der Waals surface area contributed by atoms with Crippen LogP contribution in [0, 0.1) is 0 Å². The van der Waals surface area contributed by atoms with Gasteiger partial charge in [0.15, 0.2) is 0 Å². The number of benzene rings is 1. The number of aromatic nitrogens is 2. The Kier molecular flexibility index (Phi) is 4.43. The molecule has 2 heterocycles. The number of carbonyl (C=O) groups is 1. The molecule has 2 aromatic rings. The van der Waals surface area contributed by atoms with Gasteiger partial charge in [-0.05, 0) is 25.0 Å². The molecule has 0 N–H and O–H groups in total. The van der Waals surface area contributed by atoms with Gasteiger partial charge in [0.1, 0.15) is 0 Å². The lowest BCUT2D eigenvalue weighted by Gasteiger charge is -2.30. The van der Waals surface area contributed by atoms with Crippen molar-refractivity contribution < 1.29 is 9.32 Å². The second-order valence-corrected chi connectivity index (χ2v) is 5.94. The van der Waals surface area contributed by atoms with E-state index < -0.39 is 0 Å². The molecule has 0 unspecified atom stereocenters. The van der Waals surface area contributed by atoms with Crippen molar-refractivity contribution in [2.24, 2.45) is 0 Å². The van der Waals surface area contributed by atoms with Crippen LogP contribution in [0.3, 0.4) is 0 Å². The van der Waals surface area contributed by atoms with Gasteiger partial charge in [-0.1, -0.05) is 35.8 Å². The number of rotatable bonds is 3. The summed E-state index contributed by atoms with van der Waals surface area (Å²) >= 11 is 5.99.